The highest BCUT2D eigenvalue weighted by atomic mass is 35.5. The van der Waals surface area contributed by atoms with Gasteiger partial charge in [0.05, 0.1) is 6.04 Å². The second-order valence-electron chi connectivity index (χ2n) is 3.89. The Labute approximate surface area is 110 Å². The van der Waals surface area contributed by atoms with Crippen LogP contribution in [0.15, 0.2) is 36.7 Å². The number of hydrogen-bond donors (Lipinski definition) is 2. The fourth-order valence-electron chi connectivity index (χ4n) is 1.87. The zero-order valence-electron chi connectivity index (χ0n) is 9.82. The number of pyridine rings is 1. The lowest BCUT2D eigenvalue weighted by molar-refractivity contribution is 0.576. The first kappa shape index (κ1) is 12.8. The van der Waals surface area contributed by atoms with E-state index in [1.807, 2.05) is 0 Å². The van der Waals surface area contributed by atoms with Crippen molar-refractivity contribution in [2.24, 2.45) is 0 Å². The standard InChI is InChI=1S/C13H13ClFN3/c1-17-13(10-7-18-5-4-12(10)16)9-6-8(14)2-3-11(9)15/h2-7,13,17H,1H3,(H2,16,18). The van der Waals surface area contributed by atoms with Crippen LogP contribution in [0.2, 0.25) is 5.02 Å². The molecule has 0 aliphatic heterocycles. The molecule has 5 heteroatoms. The smallest absolute Gasteiger partial charge is 0.128 e. The largest absolute Gasteiger partial charge is 0.398 e. The molecule has 0 amide bonds. The number of halogens is 2. The molecule has 2 aromatic rings. The number of nitrogens with one attached hydrogen (secondary N) is 1. The predicted octanol–water partition coefficient (Wildman–Crippen LogP) is 2.77. The minimum absolute atomic E-state index is 0.331. The number of nitrogens with zero attached hydrogens (tertiary/aromatic N) is 1. The maximum atomic E-state index is 13.9. The third-order valence-corrected chi connectivity index (χ3v) is 2.99. The van der Waals surface area contributed by atoms with Crippen molar-refractivity contribution in [2.75, 3.05) is 12.8 Å². The van der Waals surface area contributed by atoms with E-state index < -0.39 is 0 Å². The molecule has 0 aliphatic rings. The second-order valence-corrected chi connectivity index (χ2v) is 4.33. The van der Waals surface area contributed by atoms with Crippen molar-refractivity contribution in [1.29, 1.82) is 0 Å². The summed E-state index contributed by atoms with van der Waals surface area (Å²) in [6, 6.07) is 5.75. The molecule has 0 fully saturated rings. The number of hydrogen-bond acceptors (Lipinski definition) is 3. The Hall–Kier alpha value is -1.65. The highest BCUT2D eigenvalue weighted by Crippen LogP contribution is 2.29. The van der Waals surface area contributed by atoms with Gasteiger partial charge in [-0.3, -0.25) is 4.98 Å². The minimum Gasteiger partial charge on any atom is -0.398 e. The Morgan fingerprint density at radius 1 is 1.33 bits per heavy atom. The van der Waals surface area contributed by atoms with Crippen LogP contribution in [0.1, 0.15) is 17.2 Å². The number of rotatable bonds is 3. The Bertz CT molecular complexity index is 560. The highest BCUT2D eigenvalue weighted by molar-refractivity contribution is 6.30. The summed E-state index contributed by atoms with van der Waals surface area (Å²) in [7, 11) is 1.73. The van der Waals surface area contributed by atoms with E-state index in [4.69, 9.17) is 17.3 Å². The lowest BCUT2D eigenvalue weighted by Gasteiger charge is -2.19. The average molecular weight is 266 g/mol. The van der Waals surface area contributed by atoms with Gasteiger partial charge in [0.2, 0.25) is 0 Å². The van der Waals surface area contributed by atoms with E-state index in [0.717, 1.165) is 5.56 Å². The van der Waals surface area contributed by atoms with Crippen LogP contribution in [0.25, 0.3) is 0 Å². The lowest BCUT2D eigenvalue weighted by Crippen LogP contribution is -2.20. The summed E-state index contributed by atoms with van der Waals surface area (Å²) in [5.74, 6) is -0.331. The fraction of sp³-hybridized carbons (Fsp3) is 0.154. The summed E-state index contributed by atoms with van der Waals surface area (Å²) in [5.41, 5.74) is 7.62. The monoisotopic (exact) mass is 265 g/mol. The summed E-state index contributed by atoms with van der Waals surface area (Å²) < 4.78 is 13.9. The van der Waals surface area contributed by atoms with Crippen LogP contribution in [0.4, 0.5) is 10.1 Å². The molecule has 1 atom stereocenters. The molecule has 1 aromatic carbocycles. The lowest BCUT2D eigenvalue weighted by atomic mass is 9.98. The van der Waals surface area contributed by atoms with Crippen LogP contribution < -0.4 is 11.1 Å². The van der Waals surface area contributed by atoms with E-state index >= 15 is 0 Å². The van der Waals surface area contributed by atoms with Crippen LogP contribution >= 0.6 is 11.6 Å². The van der Waals surface area contributed by atoms with Crippen LogP contribution in [0, 0.1) is 5.82 Å². The molecule has 94 valence electrons. The van der Waals surface area contributed by atoms with Gasteiger partial charge in [-0.2, -0.15) is 0 Å². The van der Waals surface area contributed by atoms with Crippen molar-refractivity contribution >= 4 is 17.3 Å². The molecule has 1 heterocycles. The molecule has 1 aromatic heterocycles. The highest BCUT2D eigenvalue weighted by Gasteiger charge is 2.18. The Morgan fingerprint density at radius 2 is 2.11 bits per heavy atom. The molecular formula is C13H13ClFN3. The molecule has 2 rings (SSSR count). The van der Waals surface area contributed by atoms with Gasteiger partial charge in [-0.1, -0.05) is 11.6 Å². The maximum absolute atomic E-state index is 13.9. The van der Waals surface area contributed by atoms with Gasteiger partial charge in [-0.25, -0.2) is 4.39 Å². The molecule has 3 N–H and O–H groups in total. The first-order valence-electron chi connectivity index (χ1n) is 5.45. The average Bonchev–Trinajstić information content (AvgIpc) is 2.36. The van der Waals surface area contributed by atoms with E-state index in [1.165, 1.54) is 12.1 Å². The topological polar surface area (TPSA) is 50.9 Å². The number of nitrogens with two attached hydrogens (primary N) is 1. The number of aromatic nitrogens is 1. The number of benzene rings is 1. The van der Waals surface area contributed by atoms with Crippen molar-refractivity contribution in [3.8, 4) is 0 Å². The van der Waals surface area contributed by atoms with Crippen LogP contribution in [-0.2, 0) is 0 Å². The SMILES string of the molecule is CNC(c1cnccc1N)c1cc(Cl)ccc1F. The van der Waals surface area contributed by atoms with Crippen LogP contribution in [-0.4, -0.2) is 12.0 Å². The van der Waals surface area contributed by atoms with E-state index in [9.17, 15) is 4.39 Å². The quantitative estimate of drug-likeness (QED) is 0.897. The van der Waals surface area contributed by atoms with E-state index in [0.29, 0.717) is 16.3 Å². The fourth-order valence-corrected chi connectivity index (χ4v) is 2.05. The zero-order valence-corrected chi connectivity index (χ0v) is 10.6. The van der Waals surface area contributed by atoms with Gasteiger partial charge in [0, 0.05) is 34.2 Å². The minimum atomic E-state index is -0.377. The molecule has 0 saturated carbocycles. The summed E-state index contributed by atoms with van der Waals surface area (Å²) in [6.45, 7) is 0. The molecule has 0 saturated heterocycles. The number of nitrogen functional groups attached to an aromatic ring is 1. The van der Waals surface area contributed by atoms with Crippen molar-refractivity contribution in [3.05, 3.63) is 58.6 Å². The summed E-state index contributed by atoms with van der Waals surface area (Å²) in [4.78, 5) is 4.02. The van der Waals surface area contributed by atoms with E-state index in [1.54, 1.807) is 31.6 Å². The predicted molar refractivity (Wildman–Crippen MR) is 71.0 cm³/mol. The molecule has 1 unspecified atom stereocenters. The van der Waals surface area contributed by atoms with Gasteiger partial charge in [0.15, 0.2) is 0 Å². The zero-order chi connectivity index (χ0) is 13.1. The van der Waals surface area contributed by atoms with Gasteiger partial charge in [-0.15, -0.1) is 0 Å². The first-order chi connectivity index (χ1) is 8.63. The molecule has 0 radical (unpaired) electrons. The van der Waals surface area contributed by atoms with E-state index in [2.05, 4.69) is 10.3 Å². The Morgan fingerprint density at radius 3 is 2.78 bits per heavy atom. The summed E-state index contributed by atoms with van der Waals surface area (Å²) >= 11 is 5.90. The van der Waals surface area contributed by atoms with Crippen molar-refractivity contribution in [3.63, 3.8) is 0 Å². The first-order valence-corrected chi connectivity index (χ1v) is 5.83. The Balaban J connectivity index is 2.52. The van der Waals surface area contributed by atoms with Gasteiger partial charge < -0.3 is 11.1 Å². The third kappa shape index (κ3) is 2.44. The van der Waals surface area contributed by atoms with Crippen molar-refractivity contribution < 1.29 is 4.39 Å². The molecular weight excluding hydrogens is 253 g/mol. The molecule has 3 nitrogen and oxygen atoms in total. The van der Waals surface area contributed by atoms with Gasteiger partial charge in [-0.05, 0) is 31.3 Å². The summed E-state index contributed by atoms with van der Waals surface area (Å²) in [5, 5.41) is 3.51. The van der Waals surface area contributed by atoms with Crippen molar-refractivity contribution in [2.45, 2.75) is 6.04 Å². The molecule has 0 bridgehead atoms. The van der Waals surface area contributed by atoms with Crippen LogP contribution in [0.3, 0.4) is 0 Å². The van der Waals surface area contributed by atoms with E-state index in [-0.39, 0.29) is 11.9 Å². The molecule has 18 heavy (non-hydrogen) atoms. The molecule has 0 spiro atoms. The van der Waals surface area contributed by atoms with Crippen molar-refractivity contribution in [1.82, 2.24) is 10.3 Å². The second kappa shape index (κ2) is 5.33. The summed E-state index contributed by atoms with van der Waals surface area (Å²) in [6.07, 6.45) is 3.22. The maximum Gasteiger partial charge on any atom is 0.128 e. The Kier molecular flexibility index (Phi) is 3.79. The van der Waals surface area contributed by atoms with Gasteiger partial charge in [0.25, 0.3) is 0 Å². The normalized spacial score (nSPS) is 12.4. The molecule has 0 aliphatic carbocycles. The van der Waals surface area contributed by atoms with Gasteiger partial charge in [0.1, 0.15) is 5.82 Å². The van der Waals surface area contributed by atoms with Gasteiger partial charge >= 0.3 is 0 Å². The third-order valence-electron chi connectivity index (χ3n) is 2.76. The van der Waals surface area contributed by atoms with Crippen LogP contribution in [0.5, 0.6) is 0 Å². The number of anilines is 1.